The topological polar surface area (TPSA) is 136 Å². The first-order valence-corrected chi connectivity index (χ1v) is 7.99. The highest BCUT2D eigenvalue weighted by atomic mass is 32.2. The highest BCUT2D eigenvalue weighted by molar-refractivity contribution is 7.98. The third-order valence-electron chi connectivity index (χ3n) is 2.89. The van der Waals surface area contributed by atoms with Gasteiger partial charge >= 0.3 is 5.97 Å². The van der Waals surface area contributed by atoms with Gasteiger partial charge in [0, 0.05) is 5.75 Å². The zero-order chi connectivity index (χ0) is 17.4. The van der Waals surface area contributed by atoms with Crippen LogP contribution >= 0.6 is 11.8 Å². The van der Waals surface area contributed by atoms with Crippen molar-refractivity contribution >= 4 is 29.5 Å². The van der Waals surface area contributed by atoms with Crippen molar-refractivity contribution in [3.63, 3.8) is 0 Å². The van der Waals surface area contributed by atoms with E-state index in [0.29, 0.717) is 5.56 Å². The second kappa shape index (κ2) is 9.01. The molecule has 1 rings (SSSR count). The lowest BCUT2D eigenvalue weighted by Gasteiger charge is -2.21. The van der Waals surface area contributed by atoms with Crippen LogP contribution < -0.4 is 10.6 Å². The number of aliphatic carboxylic acids is 1. The van der Waals surface area contributed by atoms with Crippen molar-refractivity contribution in [2.45, 2.75) is 12.1 Å². The van der Waals surface area contributed by atoms with Crippen LogP contribution in [0.5, 0.6) is 5.75 Å². The number of carboxylic acid groups (broad SMARTS) is 1. The first kappa shape index (κ1) is 18.8. The molecule has 0 fully saturated rings. The molecule has 0 saturated carbocycles. The molecule has 0 aliphatic carbocycles. The molecule has 8 nitrogen and oxygen atoms in total. The van der Waals surface area contributed by atoms with Gasteiger partial charge in [0.25, 0.3) is 0 Å². The molecule has 0 radical (unpaired) electrons. The van der Waals surface area contributed by atoms with E-state index in [-0.39, 0.29) is 11.5 Å². The molecule has 0 saturated heterocycles. The molecule has 0 aliphatic heterocycles. The van der Waals surface area contributed by atoms with E-state index in [9.17, 15) is 19.5 Å². The molecule has 23 heavy (non-hydrogen) atoms. The average Bonchev–Trinajstić information content (AvgIpc) is 2.52. The fourth-order valence-electron chi connectivity index (χ4n) is 1.77. The number of aliphatic hydroxyl groups excluding tert-OH is 1. The summed E-state index contributed by atoms with van der Waals surface area (Å²) in [4.78, 5) is 34.8. The number of thioether (sulfide) groups is 1. The second-order valence-electron chi connectivity index (χ2n) is 4.60. The maximum absolute atomic E-state index is 12.3. The van der Waals surface area contributed by atoms with E-state index >= 15 is 0 Å². The number of phenols is 1. The molecule has 2 amide bonds. The molecule has 2 unspecified atom stereocenters. The van der Waals surface area contributed by atoms with Crippen molar-refractivity contribution in [2.75, 3.05) is 18.6 Å². The summed E-state index contributed by atoms with van der Waals surface area (Å²) >= 11 is 1.25. The first-order chi connectivity index (χ1) is 10.9. The summed E-state index contributed by atoms with van der Waals surface area (Å²) in [6.07, 6.45) is 1.70. The Morgan fingerprint density at radius 1 is 1.17 bits per heavy atom. The molecular formula is C14H18N2O6S. The minimum atomic E-state index is -1.19. The van der Waals surface area contributed by atoms with E-state index in [0.717, 1.165) is 0 Å². The van der Waals surface area contributed by atoms with Gasteiger partial charge in [0.2, 0.25) is 11.8 Å². The van der Waals surface area contributed by atoms with Crippen LogP contribution in [0.25, 0.3) is 0 Å². The van der Waals surface area contributed by atoms with E-state index < -0.39 is 36.5 Å². The Kier molecular flexibility index (Phi) is 7.36. The third kappa shape index (κ3) is 5.80. The lowest BCUT2D eigenvalue weighted by atomic mass is 10.1. The molecule has 2 atom stereocenters. The quantitative estimate of drug-likeness (QED) is 0.428. The second-order valence-corrected chi connectivity index (χ2v) is 5.52. The maximum Gasteiger partial charge on any atom is 0.327 e. The Morgan fingerprint density at radius 2 is 1.78 bits per heavy atom. The summed E-state index contributed by atoms with van der Waals surface area (Å²) < 4.78 is 0. The Hall–Kier alpha value is -2.26. The smallest absolute Gasteiger partial charge is 0.327 e. The molecule has 1 aromatic carbocycles. The minimum absolute atomic E-state index is 0.0211. The molecule has 126 valence electrons. The predicted molar refractivity (Wildman–Crippen MR) is 84.0 cm³/mol. The van der Waals surface area contributed by atoms with Crippen molar-refractivity contribution in [1.29, 1.82) is 0 Å². The number of hydrogen-bond acceptors (Lipinski definition) is 6. The molecule has 0 aliphatic rings. The molecule has 5 N–H and O–H groups in total. The summed E-state index contributed by atoms with van der Waals surface area (Å²) in [6, 6.07) is 3.21. The summed E-state index contributed by atoms with van der Waals surface area (Å²) in [6.45, 7) is -0.810. The van der Waals surface area contributed by atoms with Gasteiger partial charge in [0.05, 0.1) is 0 Å². The highest BCUT2D eigenvalue weighted by Crippen LogP contribution is 2.17. The number of rotatable bonds is 8. The van der Waals surface area contributed by atoms with Crippen LogP contribution in [0.4, 0.5) is 0 Å². The van der Waals surface area contributed by atoms with E-state index in [2.05, 4.69) is 10.6 Å². The monoisotopic (exact) mass is 342 g/mol. The zero-order valence-corrected chi connectivity index (χ0v) is 13.2. The molecule has 0 spiro atoms. The first-order valence-electron chi connectivity index (χ1n) is 6.60. The van der Waals surface area contributed by atoms with Crippen molar-refractivity contribution in [1.82, 2.24) is 10.6 Å². The van der Waals surface area contributed by atoms with Crippen LogP contribution in [0.2, 0.25) is 0 Å². The summed E-state index contributed by atoms with van der Waals surface area (Å²) in [7, 11) is 0. The minimum Gasteiger partial charge on any atom is -0.508 e. The molecule has 9 heteroatoms. The number of hydrogen-bond donors (Lipinski definition) is 5. The van der Waals surface area contributed by atoms with E-state index in [4.69, 9.17) is 10.2 Å². The van der Waals surface area contributed by atoms with Gasteiger partial charge < -0.3 is 26.0 Å². The number of amides is 2. The Labute approximate surface area is 136 Å². The highest BCUT2D eigenvalue weighted by Gasteiger charge is 2.27. The van der Waals surface area contributed by atoms with Gasteiger partial charge in [-0.15, -0.1) is 0 Å². The Balaban J connectivity index is 2.98. The van der Waals surface area contributed by atoms with Gasteiger partial charge in [-0.2, -0.15) is 11.8 Å². The van der Waals surface area contributed by atoms with Crippen molar-refractivity contribution in [2.24, 2.45) is 0 Å². The van der Waals surface area contributed by atoms with Crippen LogP contribution in [0, 0.1) is 0 Å². The molecule has 1 aromatic rings. The summed E-state index contributed by atoms with van der Waals surface area (Å²) in [5, 5.41) is 31.8. The molecule has 0 aromatic heterocycles. The van der Waals surface area contributed by atoms with Crippen LogP contribution in [0.15, 0.2) is 24.3 Å². The van der Waals surface area contributed by atoms with Crippen LogP contribution in [-0.4, -0.2) is 57.8 Å². The maximum atomic E-state index is 12.3. The Morgan fingerprint density at radius 3 is 2.26 bits per heavy atom. The number of carbonyl (C=O) groups excluding carboxylic acids is 2. The van der Waals surface area contributed by atoms with Crippen LogP contribution in [0.3, 0.4) is 0 Å². The summed E-state index contributed by atoms with van der Waals surface area (Å²) in [5.41, 5.74) is 0.343. The number of aliphatic hydroxyl groups is 1. The number of phenolic OH excluding ortho intramolecular Hbond substituents is 1. The fraction of sp³-hybridized carbons (Fsp3) is 0.357. The molecule has 0 heterocycles. The van der Waals surface area contributed by atoms with E-state index in [1.54, 1.807) is 6.26 Å². The normalized spacial score (nSPS) is 13.0. The van der Waals surface area contributed by atoms with E-state index in [1.165, 1.54) is 36.0 Å². The van der Waals surface area contributed by atoms with Gasteiger partial charge in [-0.05, 0) is 24.0 Å². The Bertz CT molecular complexity index is 563. The number of carbonyl (C=O) groups is 3. The van der Waals surface area contributed by atoms with Crippen molar-refractivity contribution in [3.05, 3.63) is 29.8 Å². The number of aromatic hydroxyl groups is 1. The standard InChI is InChI=1S/C14H18N2O6S/c1-23-7-10(14(21)22)15-13(20)12(16-11(19)6-17)8-2-4-9(18)5-3-8/h2-5,10,12,17-18H,6-7H2,1H3,(H,15,20)(H,16,19)(H,21,22). The van der Waals surface area contributed by atoms with E-state index in [1.807, 2.05) is 0 Å². The average molecular weight is 342 g/mol. The zero-order valence-electron chi connectivity index (χ0n) is 12.4. The number of carboxylic acids is 1. The van der Waals surface area contributed by atoms with Gasteiger partial charge in [-0.3, -0.25) is 9.59 Å². The van der Waals surface area contributed by atoms with Crippen molar-refractivity contribution in [3.8, 4) is 5.75 Å². The molecular weight excluding hydrogens is 324 g/mol. The predicted octanol–water partition coefficient (Wildman–Crippen LogP) is -0.526. The van der Waals surface area contributed by atoms with Crippen LogP contribution in [0.1, 0.15) is 11.6 Å². The van der Waals surface area contributed by atoms with Crippen LogP contribution in [-0.2, 0) is 14.4 Å². The lowest BCUT2D eigenvalue weighted by molar-refractivity contribution is -0.141. The van der Waals surface area contributed by atoms with Gasteiger partial charge in [0.15, 0.2) is 0 Å². The van der Waals surface area contributed by atoms with Gasteiger partial charge in [-0.1, -0.05) is 12.1 Å². The summed E-state index contributed by atoms with van der Waals surface area (Å²) in [5.74, 6) is -2.55. The van der Waals surface area contributed by atoms with Gasteiger partial charge in [0.1, 0.15) is 24.4 Å². The number of nitrogens with one attached hydrogen (secondary N) is 2. The largest absolute Gasteiger partial charge is 0.508 e. The molecule has 0 bridgehead atoms. The van der Waals surface area contributed by atoms with Crippen molar-refractivity contribution < 1.29 is 29.7 Å². The van der Waals surface area contributed by atoms with Gasteiger partial charge in [-0.25, -0.2) is 4.79 Å². The SMILES string of the molecule is CSCC(NC(=O)C(NC(=O)CO)c1ccc(O)cc1)C(=O)O. The lowest BCUT2D eigenvalue weighted by Crippen LogP contribution is -2.48. The fourth-order valence-corrected chi connectivity index (χ4v) is 2.33. The number of benzene rings is 1. The third-order valence-corrected chi connectivity index (χ3v) is 3.55.